The van der Waals surface area contributed by atoms with Gasteiger partial charge in [-0.2, -0.15) is 0 Å². The molecule has 2 heteroatoms. The number of benzene rings is 1. The molecule has 1 aromatic carbocycles. The molecule has 0 bridgehead atoms. The molecule has 88 valence electrons. The molecule has 2 unspecified atom stereocenters. The van der Waals surface area contributed by atoms with Crippen molar-refractivity contribution in [1.29, 1.82) is 0 Å². The monoisotopic (exact) mass is 219 g/mol. The number of anilines is 1. The van der Waals surface area contributed by atoms with Gasteiger partial charge in [0, 0.05) is 23.8 Å². The van der Waals surface area contributed by atoms with Gasteiger partial charge in [-0.05, 0) is 39.2 Å². The predicted molar refractivity (Wildman–Crippen MR) is 67.7 cm³/mol. The molecule has 0 amide bonds. The van der Waals surface area contributed by atoms with Crippen LogP contribution in [0.25, 0.3) is 0 Å². The Morgan fingerprint density at radius 2 is 2.06 bits per heavy atom. The van der Waals surface area contributed by atoms with Gasteiger partial charge in [0.2, 0.25) is 0 Å². The van der Waals surface area contributed by atoms with Crippen LogP contribution in [0.4, 0.5) is 5.69 Å². The molecule has 2 atom stereocenters. The van der Waals surface area contributed by atoms with Crippen LogP contribution in [-0.4, -0.2) is 17.7 Å². The van der Waals surface area contributed by atoms with Crippen molar-refractivity contribution in [3.63, 3.8) is 0 Å². The van der Waals surface area contributed by atoms with Crippen molar-refractivity contribution in [3.05, 3.63) is 29.8 Å². The van der Waals surface area contributed by atoms with Crippen molar-refractivity contribution in [2.75, 3.05) is 11.4 Å². The molecule has 16 heavy (non-hydrogen) atoms. The van der Waals surface area contributed by atoms with Crippen molar-refractivity contribution in [3.8, 4) is 0 Å². The fraction of sp³-hybridized carbons (Fsp3) is 0.571. The Morgan fingerprint density at radius 1 is 1.31 bits per heavy atom. The molecule has 1 aliphatic rings. The van der Waals surface area contributed by atoms with Crippen molar-refractivity contribution < 1.29 is 5.11 Å². The summed E-state index contributed by atoms with van der Waals surface area (Å²) in [5, 5.41) is 9.79. The van der Waals surface area contributed by atoms with E-state index in [0.717, 1.165) is 12.1 Å². The van der Waals surface area contributed by atoms with Crippen LogP contribution < -0.4 is 4.90 Å². The minimum absolute atomic E-state index is 0.384. The lowest BCUT2D eigenvalue weighted by molar-refractivity contribution is 0.199. The highest BCUT2D eigenvalue weighted by atomic mass is 16.3. The molecule has 0 aliphatic carbocycles. The summed E-state index contributed by atoms with van der Waals surface area (Å²) < 4.78 is 0. The molecule has 1 saturated heterocycles. The lowest BCUT2D eigenvalue weighted by atomic mass is 10.00. The van der Waals surface area contributed by atoms with E-state index in [2.05, 4.69) is 24.0 Å². The topological polar surface area (TPSA) is 23.5 Å². The zero-order chi connectivity index (χ0) is 11.5. The summed E-state index contributed by atoms with van der Waals surface area (Å²) in [4.78, 5) is 2.44. The highest BCUT2D eigenvalue weighted by Crippen LogP contribution is 2.30. The summed E-state index contributed by atoms with van der Waals surface area (Å²) in [5.74, 6) is 0. The van der Waals surface area contributed by atoms with Gasteiger partial charge in [-0.25, -0.2) is 0 Å². The molecule has 1 heterocycles. The number of nitrogens with zero attached hydrogens (tertiary/aromatic N) is 1. The Kier molecular flexibility index (Phi) is 3.49. The van der Waals surface area contributed by atoms with Crippen LogP contribution in [0.1, 0.15) is 44.8 Å². The van der Waals surface area contributed by atoms with E-state index in [1.807, 2.05) is 19.1 Å². The summed E-state index contributed by atoms with van der Waals surface area (Å²) in [6, 6.07) is 8.81. The first kappa shape index (κ1) is 11.5. The Balaban J connectivity index is 2.31. The van der Waals surface area contributed by atoms with E-state index in [0.29, 0.717) is 6.04 Å². The second kappa shape index (κ2) is 4.88. The van der Waals surface area contributed by atoms with E-state index in [1.54, 1.807) is 0 Å². The maximum Gasteiger partial charge on any atom is 0.0781 e. The van der Waals surface area contributed by atoms with Gasteiger partial charge < -0.3 is 10.0 Å². The standard InChI is InChI=1S/C14H21NO/c1-11-7-5-6-10-15(11)14-9-4-3-8-13(14)12(2)16/h3-4,8-9,11-12,16H,5-7,10H2,1-2H3. The van der Waals surface area contributed by atoms with Crippen molar-refractivity contribution >= 4 is 5.69 Å². The molecule has 0 aromatic heterocycles. The average Bonchev–Trinajstić information content (AvgIpc) is 2.29. The zero-order valence-electron chi connectivity index (χ0n) is 10.2. The third-order valence-corrected chi connectivity index (χ3v) is 3.50. The Hall–Kier alpha value is -1.02. The van der Waals surface area contributed by atoms with Gasteiger partial charge in [-0.1, -0.05) is 18.2 Å². The summed E-state index contributed by atoms with van der Waals surface area (Å²) in [6.45, 7) is 5.23. The highest BCUT2D eigenvalue weighted by Gasteiger charge is 2.21. The summed E-state index contributed by atoms with van der Waals surface area (Å²) in [5.41, 5.74) is 2.26. The zero-order valence-corrected chi connectivity index (χ0v) is 10.2. The van der Waals surface area contributed by atoms with E-state index < -0.39 is 0 Å². The van der Waals surface area contributed by atoms with Crippen LogP contribution in [0.15, 0.2) is 24.3 Å². The lowest BCUT2D eigenvalue weighted by Gasteiger charge is -2.37. The highest BCUT2D eigenvalue weighted by molar-refractivity contribution is 5.55. The minimum Gasteiger partial charge on any atom is -0.389 e. The van der Waals surface area contributed by atoms with Crippen molar-refractivity contribution in [2.45, 2.75) is 45.3 Å². The molecule has 1 aromatic rings. The normalized spacial score (nSPS) is 23.2. The van der Waals surface area contributed by atoms with Crippen molar-refractivity contribution in [2.24, 2.45) is 0 Å². The fourth-order valence-corrected chi connectivity index (χ4v) is 2.56. The van der Waals surface area contributed by atoms with E-state index >= 15 is 0 Å². The number of hydrogen-bond donors (Lipinski definition) is 1. The Labute approximate surface area is 97.9 Å². The first-order valence-electron chi connectivity index (χ1n) is 6.24. The number of para-hydroxylation sites is 1. The molecule has 0 saturated carbocycles. The summed E-state index contributed by atoms with van der Waals surface area (Å²) in [7, 11) is 0. The van der Waals surface area contributed by atoms with Gasteiger partial charge >= 0.3 is 0 Å². The average molecular weight is 219 g/mol. The van der Waals surface area contributed by atoms with Crippen LogP contribution in [0, 0.1) is 0 Å². The SMILES string of the molecule is CC(O)c1ccccc1N1CCCCC1C. The van der Waals surface area contributed by atoms with E-state index in [-0.39, 0.29) is 6.10 Å². The Morgan fingerprint density at radius 3 is 2.75 bits per heavy atom. The maximum atomic E-state index is 9.79. The summed E-state index contributed by atoms with van der Waals surface area (Å²) in [6.07, 6.45) is 3.46. The molecule has 1 N–H and O–H groups in total. The van der Waals surface area contributed by atoms with Gasteiger partial charge in [0.15, 0.2) is 0 Å². The second-order valence-electron chi connectivity index (χ2n) is 4.77. The van der Waals surface area contributed by atoms with Gasteiger partial charge in [0.25, 0.3) is 0 Å². The van der Waals surface area contributed by atoms with Crippen LogP contribution in [0.5, 0.6) is 0 Å². The molecule has 1 fully saturated rings. The number of piperidine rings is 1. The molecular formula is C14H21NO. The predicted octanol–water partition coefficient (Wildman–Crippen LogP) is 3.12. The van der Waals surface area contributed by atoms with Crippen LogP contribution in [-0.2, 0) is 0 Å². The molecule has 2 nitrogen and oxygen atoms in total. The lowest BCUT2D eigenvalue weighted by Crippen LogP contribution is -2.38. The smallest absolute Gasteiger partial charge is 0.0781 e. The number of hydrogen-bond acceptors (Lipinski definition) is 2. The Bertz CT molecular complexity index is 348. The maximum absolute atomic E-state index is 9.79. The number of rotatable bonds is 2. The first-order chi connectivity index (χ1) is 7.70. The largest absolute Gasteiger partial charge is 0.389 e. The second-order valence-corrected chi connectivity index (χ2v) is 4.77. The van der Waals surface area contributed by atoms with Crippen LogP contribution in [0.3, 0.4) is 0 Å². The van der Waals surface area contributed by atoms with Gasteiger partial charge in [-0.3, -0.25) is 0 Å². The van der Waals surface area contributed by atoms with Crippen molar-refractivity contribution in [1.82, 2.24) is 0 Å². The van der Waals surface area contributed by atoms with Gasteiger partial charge in [-0.15, -0.1) is 0 Å². The molecule has 0 spiro atoms. The van der Waals surface area contributed by atoms with E-state index in [9.17, 15) is 5.11 Å². The van der Waals surface area contributed by atoms with Crippen LogP contribution >= 0.6 is 0 Å². The molecule has 2 rings (SSSR count). The first-order valence-corrected chi connectivity index (χ1v) is 6.24. The van der Waals surface area contributed by atoms with Crippen LogP contribution in [0.2, 0.25) is 0 Å². The summed E-state index contributed by atoms with van der Waals surface area (Å²) >= 11 is 0. The fourth-order valence-electron chi connectivity index (χ4n) is 2.56. The number of aliphatic hydroxyl groups is 1. The molecular weight excluding hydrogens is 198 g/mol. The van der Waals surface area contributed by atoms with Gasteiger partial charge in [0.05, 0.1) is 6.10 Å². The minimum atomic E-state index is -0.384. The third-order valence-electron chi connectivity index (χ3n) is 3.50. The molecule has 0 radical (unpaired) electrons. The van der Waals surface area contributed by atoms with Gasteiger partial charge in [0.1, 0.15) is 0 Å². The van der Waals surface area contributed by atoms with E-state index in [1.165, 1.54) is 24.9 Å². The third kappa shape index (κ3) is 2.22. The quantitative estimate of drug-likeness (QED) is 0.826. The molecule has 1 aliphatic heterocycles. The van der Waals surface area contributed by atoms with E-state index in [4.69, 9.17) is 0 Å². The number of aliphatic hydroxyl groups excluding tert-OH is 1.